The Morgan fingerprint density at radius 2 is 1.62 bits per heavy atom. The van der Waals surface area contributed by atoms with Gasteiger partial charge in [-0.25, -0.2) is 4.79 Å². The smallest absolute Gasteiger partial charge is 0.408 e. The van der Waals surface area contributed by atoms with E-state index in [2.05, 4.69) is 17.6 Å². The number of benzene rings is 2. The molecule has 0 spiro atoms. The van der Waals surface area contributed by atoms with Gasteiger partial charge in [0.1, 0.15) is 17.7 Å². The molecular formula is C32H47N3O4S. The monoisotopic (exact) mass is 569 g/mol. The predicted octanol–water partition coefficient (Wildman–Crippen LogP) is 6.88. The molecule has 0 fully saturated rings. The Balaban J connectivity index is 2.59. The third kappa shape index (κ3) is 9.58. The van der Waals surface area contributed by atoms with Gasteiger partial charge >= 0.3 is 6.09 Å². The molecule has 2 aromatic rings. The summed E-state index contributed by atoms with van der Waals surface area (Å²) < 4.78 is 5.48. The first-order valence-corrected chi connectivity index (χ1v) is 15.4. The first kappa shape index (κ1) is 33.2. The van der Waals surface area contributed by atoms with E-state index < -0.39 is 23.8 Å². The quantitative estimate of drug-likeness (QED) is 0.291. The van der Waals surface area contributed by atoms with Gasteiger partial charge in [-0.05, 0) is 101 Å². The largest absolute Gasteiger partial charge is 0.444 e. The first-order chi connectivity index (χ1) is 18.8. The zero-order valence-corrected chi connectivity index (χ0v) is 26.5. The van der Waals surface area contributed by atoms with Crippen molar-refractivity contribution in [3.05, 3.63) is 64.2 Å². The SMILES string of the molecule is CCCCN(C(=O)C(CCSC)NC(=O)OC(C)(C)C)C(C(=O)Nc1c(C)cccc1C)c1ccc(C)c(C)c1. The lowest BCUT2D eigenvalue weighted by atomic mass is 9.97. The molecule has 0 bridgehead atoms. The Morgan fingerprint density at radius 3 is 2.17 bits per heavy atom. The van der Waals surface area contributed by atoms with E-state index >= 15 is 0 Å². The molecule has 0 heterocycles. The van der Waals surface area contributed by atoms with Gasteiger partial charge in [0.15, 0.2) is 0 Å². The molecule has 2 N–H and O–H groups in total. The van der Waals surface area contributed by atoms with E-state index in [0.717, 1.165) is 39.9 Å². The Kier molecular flexibility index (Phi) is 12.6. The number of alkyl carbamates (subject to hydrolysis) is 1. The second-order valence-electron chi connectivity index (χ2n) is 11.4. The lowest BCUT2D eigenvalue weighted by molar-refractivity contribution is -0.141. The molecular weight excluding hydrogens is 522 g/mol. The highest BCUT2D eigenvalue weighted by molar-refractivity contribution is 7.98. The number of hydrogen-bond donors (Lipinski definition) is 2. The van der Waals surface area contributed by atoms with Crippen LogP contribution >= 0.6 is 11.8 Å². The third-order valence-corrected chi connectivity index (χ3v) is 7.42. The lowest BCUT2D eigenvalue weighted by Crippen LogP contribution is -2.52. The maximum absolute atomic E-state index is 14.3. The van der Waals surface area contributed by atoms with E-state index in [1.807, 2.05) is 70.3 Å². The summed E-state index contributed by atoms with van der Waals surface area (Å²) in [5.41, 5.74) is 4.81. The highest BCUT2D eigenvalue weighted by Gasteiger charge is 2.36. The standard InChI is InChI=1S/C32H47N3O4S/c1-10-11-18-35(30(37)26(17-19-40-9)33-31(38)39-32(6,7)8)28(25-16-15-21(2)24(5)20-25)29(36)34-27-22(3)13-12-14-23(27)4/h12-16,20,26,28H,10-11,17-19H2,1-9H3,(H,33,38)(H,34,36). The number of rotatable bonds is 12. The van der Waals surface area contributed by atoms with Crippen LogP contribution < -0.4 is 10.6 Å². The minimum Gasteiger partial charge on any atom is -0.444 e. The summed E-state index contributed by atoms with van der Waals surface area (Å²) in [5, 5.41) is 5.93. The highest BCUT2D eigenvalue weighted by atomic mass is 32.2. The van der Waals surface area contributed by atoms with Crippen LogP contribution in [0.25, 0.3) is 0 Å². The van der Waals surface area contributed by atoms with Gasteiger partial charge in [-0.2, -0.15) is 11.8 Å². The molecule has 7 nitrogen and oxygen atoms in total. The van der Waals surface area contributed by atoms with Crippen molar-refractivity contribution < 1.29 is 19.1 Å². The maximum Gasteiger partial charge on any atom is 0.408 e. The van der Waals surface area contributed by atoms with Crippen molar-refractivity contribution in [2.45, 2.75) is 92.3 Å². The van der Waals surface area contributed by atoms with E-state index in [9.17, 15) is 14.4 Å². The van der Waals surface area contributed by atoms with Crippen LogP contribution in [-0.4, -0.2) is 53.0 Å². The molecule has 0 saturated carbocycles. The minimum absolute atomic E-state index is 0.286. The zero-order valence-electron chi connectivity index (χ0n) is 25.6. The normalized spacial score (nSPS) is 12.8. The van der Waals surface area contributed by atoms with Crippen molar-refractivity contribution in [3.63, 3.8) is 0 Å². The molecule has 2 unspecified atom stereocenters. The van der Waals surface area contributed by atoms with Gasteiger partial charge in [0.2, 0.25) is 5.91 Å². The minimum atomic E-state index is -0.880. The van der Waals surface area contributed by atoms with Crippen LogP contribution in [0.2, 0.25) is 0 Å². The Bertz CT molecular complexity index is 1150. The fraction of sp³-hybridized carbons (Fsp3) is 0.531. The van der Waals surface area contributed by atoms with E-state index in [1.54, 1.807) is 37.4 Å². The molecule has 0 radical (unpaired) electrons. The van der Waals surface area contributed by atoms with Crippen LogP contribution in [0.3, 0.4) is 0 Å². The molecule has 0 aromatic heterocycles. The Hall–Kier alpha value is -3.00. The summed E-state index contributed by atoms with van der Waals surface area (Å²) in [5.74, 6) is 0.0794. The number of thioether (sulfide) groups is 1. The van der Waals surface area contributed by atoms with E-state index in [0.29, 0.717) is 25.1 Å². The number of nitrogens with one attached hydrogen (secondary N) is 2. The highest BCUT2D eigenvalue weighted by Crippen LogP contribution is 2.29. The second-order valence-corrected chi connectivity index (χ2v) is 12.4. The summed E-state index contributed by atoms with van der Waals surface area (Å²) in [4.78, 5) is 42.8. The lowest BCUT2D eigenvalue weighted by Gasteiger charge is -2.35. The van der Waals surface area contributed by atoms with Crippen LogP contribution in [0.15, 0.2) is 36.4 Å². The number of unbranched alkanes of at least 4 members (excludes halogenated alkanes) is 1. The number of hydrogen-bond acceptors (Lipinski definition) is 5. The van der Waals surface area contributed by atoms with Gasteiger partial charge in [0, 0.05) is 12.2 Å². The Labute approximate surface area is 244 Å². The molecule has 8 heteroatoms. The number of ether oxygens (including phenoxy) is 1. The molecule has 3 amide bonds. The number of aryl methyl sites for hydroxylation is 4. The average molecular weight is 570 g/mol. The number of anilines is 1. The second kappa shape index (κ2) is 15.1. The Morgan fingerprint density at radius 1 is 0.975 bits per heavy atom. The van der Waals surface area contributed by atoms with Crippen molar-refractivity contribution >= 4 is 35.4 Å². The van der Waals surface area contributed by atoms with Crippen LogP contribution in [0.5, 0.6) is 0 Å². The molecule has 0 aliphatic rings. The molecule has 2 atom stereocenters. The summed E-state index contributed by atoms with van der Waals surface area (Å²) >= 11 is 1.59. The number of nitrogens with zero attached hydrogens (tertiary/aromatic N) is 1. The summed E-state index contributed by atoms with van der Waals surface area (Å²) in [6.07, 6.45) is 3.28. The van der Waals surface area contributed by atoms with Gasteiger partial charge in [0.05, 0.1) is 0 Å². The molecule has 40 heavy (non-hydrogen) atoms. The number of para-hydroxylation sites is 1. The van der Waals surface area contributed by atoms with Crippen molar-refractivity contribution in [1.29, 1.82) is 0 Å². The maximum atomic E-state index is 14.3. The van der Waals surface area contributed by atoms with E-state index in [1.165, 1.54) is 0 Å². The average Bonchev–Trinajstić information content (AvgIpc) is 2.86. The molecule has 0 saturated heterocycles. The van der Waals surface area contributed by atoms with E-state index in [4.69, 9.17) is 4.74 Å². The number of carbonyl (C=O) groups is 3. The molecule has 2 aromatic carbocycles. The van der Waals surface area contributed by atoms with Crippen molar-refractivity contribution in [1.82, 2.24) is 10.2 Å². The van der Waals surface area contributed by atoms with Crippen LogP contribution in [0.1, 0.15) is 80.8 Å². The summed E-state index contributed by atoms with van der Waals surface area (Å²) in [6.45, 7) is 15.7. The first-order valence-electron chi connectivity index (χ1n) is 14.0. The fourth-order valence-electron chi connectivity index (χ4n) is 4.45. The van der Waals surface area contributed by atoms with Gasteiger partial charge < -0.3 is 20.3 Å². The molecule has 220 valence electrons. The predicted molar refractivity (Wildman–Crippen MR) is 166 cm³/mol. The van der Waals surface area contributed by atoms with Crippen LogP contribution in [0.4, 0.5) is 10.5 Å². The van der Waals surface area contributed by atoms with Crippen LogP contribution in [0, 0.1) is 27.7 Å². The fourth-order valence-corrected chi connectivity index (χ4v) is 4.92. The summed E-state index contributed by atoms with van der Waals surface area (Å²) in [6, 6.07) is 10.0. The van der Waals surface area contributed by atoms with E-state index in [-0.39, 0.29) is 11.8 Å². The number of carbonyl (C=O) groups excluding carboxylic acids is 3. The summed E-state index contributed by atoms with van der Waals surface area (Å²) in [7, 11) is 0. The van der Waals surface area contributed by atoms with Crippen LogP contribution in [-0.2, 0) is 14.3 Å². The van der Waals surface area contributed by atoms with Gasteiger partial charge in [0.25, 0.3) is 5.91 Å². The van der Waals surface area contributed by atoms with Crippen molar-refractivity contribution in [3.8, 4) is 0 Å². The number of amides is 3. The van der Waals surface area contributed by atoms with Gasteiger partial charge in [-0.3, -0.25) is 9.59 Å². The molecule has 0 aliphatic carbocycles. The molecule has 2 rings (SSSR count). The van der Waals surface area contributed by atoms with Crippen molar-refractivity contribution in [2.24, 2.45) is 0 Å². The third-order valence-electron chi connectivity index (χ3n) is 6.77. The zero-order chi connectivity index (χ0) is 30.0. The topological polar surface area (TPSA) is 87.7 Å². The van der Waals surface area contributed by atoms with Gasteiger partial charge in [-0.15, -0.1) is 0 Å². The van der Waals surface area contributed by atoms with Gasteiger partial charge in [-0.1, -0.05) is 49.7 Å². The molecule has 0 aliphatic heterocycles. The van der Waals surface area contributed by atoms with Crippen molar-refractivity contribution in [2.75, 3.05) is 23.9 Å².